The standard InChI is InChI=1S/C13H21N3O2S/c1-10-8-19-12(14-10)15-11(17)7-16(2)9-13(18)5-3-4-6-13/h8,18H,3-7,9H2,1-2H3,(H,14,15,17). The van der Waals surface area contributed by atoms with Crippen molar-refractivity contribution in [3.63, 3.8) is 0 Å². The molecule has 1 saturated carbocycles. The molecule has 5 nitrogen and oxygen atoms in total. The van der Waals surface area contributed by atoms with Crippen molar-refractivity contribution in [2.45, 2.75) is 38.2 Å². The number of carbonyl (C=O) groups is 1. The topological polar surface area (TPSA) is 65.5 Å². The number of amides is 1. The van der Waals surface area contributed by atoms with Crippen LogP contribution in [0.15, 0.2) is 5.38 Å². The van der Waals surface area contributed by atoms with E-state index in [1.54, 1.807) is 0 Å². The summed E-state index contributed by atoms with van der Waals surface area (Å²) in [7, 11) is 1.86. The molecule has 0 aliphatic heterocycles. The van der Waals surface area contributed by atoms with Crippen LogP contribution < -0.4 is 5.32 Å². The largest absolute Gasteiger partial charge is 0.389 e. The molecule has 1 heterocycles. The van der Waals surface area contributed by atoms with Gasteiger partial charge in [-0.15, -0.1) is 11.3 Å². The van der Waals surface area contributed by atoms with Gasteiger partial charge in [0.05, 0.1) is 17.8 Å². The first-order chi connectivity index (χ1) is 8.97. The molecule has 6 heteroatoms. The minimum absolute atomic E-state index is 0.0848. The normalized spacial score (nSPS) is 17.9. The molecule has 1 aromatic rings. The Bertz CT molecular complexity index is 441. The van der Waals surface area contributed by atoms with Gasteiger partial charge in [-0.05, 0) is 26.8 Å². The summed E-state index contributed by atoms with van der Waals surface area (Å²) in [6.45, 7) is 2.73. The molecule has 0 radical (unpaired) electrons. The Balaban J connectivity index is 1.78. The molecular weight excluding hydrogens is 262 g/mol. The van der Waals surface area contributed by atoms with Crippen LogP contribution in [-0.4, -0.2) is 46.6 Å². The van der Waals surface area contributed by atoms with Crippen LogP contribution in [0.5, 0.6) is 0 Å². The number of anilines is 1. The zero-order valence-corrected chi connectivity index (χ0v) is 12.3. The molecule has 19 heavy (non-hydrogen) atoms. The van der Waals surface area contributed by atoms with Gasteiger partial charge in [0.25, 0.3) is 0 Å². The summed E-state index contributed by atoms with van der Waals surface area (Å²) in [5.41, 5.74) is 0.307. The summed E-state index contributed by atoms with van der Waals surface area (Å²) < 4.78 is 0. The molecule has 2 rings (SSSR count). The van der Waals surface area contributed by atoms with E-state index in [1.165, 1.54) is 11.3 Å². The maximum atomic E-state index is 11.8. The fourth-order valence-electron chi connectivity index (χ4n) is 2.56. The van der Waals surface area contributed by atoms with Crippen LogP contribution in [0.3, 0.4) is 0 Å². The Labute approximate surface area is 117 Å². The van der Waals surface area contributed by atoms with Crippen molar-refractivity contribution in [3.8, 4) is 0 Å². The molecule has 1 aliphatic carbocycles. The number of nitrogens with one attached hydrogen (secondary N) is 1. The lowest BCUT2D eigenvalue weighted by Crippen LogP contribution is -2.42. The van der Waals surface area contributed by atoms with Crippen molar-refractivity contribution in [1.29, 1.82) is 0 Å². The first-order valence-corrected chi connectivity index (χ1v) is 7.48. The Morgan fingerprint density at radius 3 is 2.84 bits per heavy atom. The Kier molecular flexibility index (Phi) is 4.54. The van der Waals surface area contributed by atoms with Gasteiger partial charge in [-0.1, -0.05) is 12.8 Å². The Morgan fingerprint density at radius 2 is 2.26 bits per heavy atom. The van der Waals surface area contributed by atoms with Gasteiger partial charge in [-0.3, -0.25) is 9.69 Å². The van der Waals surface area contributed by atoms with Crippen molar-refractivity contribution in [2.24, 2.45) is 0 Å². The summed E-state index contributed by atoms with van der Waals surface area (Å²) in [5.74, 6) is -0.0848. The molecular formula is C13H21N3O2S. The number of carbonyl (C=O) groups excluding carboxylic acids is 1. The molecule has 2 N–H and O–H groups in total. The second-order valence-corrected chi connectivity index (χ2v) is 6.30. The zero-order chi connectivity index (χ0) is 13.9. The first kappa shape index (κ1) is 14.4. The van der Waals surface area contributed by atoms with Crippen LogP contribution in [0.25, 0.3) is 0 Å². The number of rotatable bonds is 5. The van der Waals surface area contributed by atoms with Crippen LogP contribution in [0.4, 0.5) is 5.13 Å². The highest BCUT2D eigenvalue weighted by molar-refractivity contribution is 7.13. The highest BCUT2D eigenvalue weighted by Crippen LogP contribution is 2.29. The number of aryl methyl sites for hydroxylation is 1. The van der Waals surface area contributed by atoms with E-state index in [2.05, 4.69) is 10.3 Å². The van der Waals surface area contributed by atoms with Crippen LogP contribution in [0.2, 0.25) is 0 Å². The van der Waals surface area contributed by atoms with Crippen molar-refractivity contribution in [3.05, 3.63) is 11.1 Å². The number of hydrogen-bond donors (Lipinski definition) is 2. The van der Waals surface area contributed by atoms with Crippen LogP contribution in [0, 0.1) is 6.92 Å². The van der Waals surface area contributed by atoms with E-state index in [9.17, 15) is 9.90 Å². The molecule has 0 spiro atoms. The van der Waals surface area contributed by atoms with Gasteiger partial charge in [-0.2, -0.15) is 0 Å². The molecule has 0 unspecified atom stereocenters. The smallest absolute Gasteiger partial charge is 0.240 e. The predicted molar refractivity (Wildman–Crippen MR) is 76.4 cm³/mol. The number of nitrogens with zero attached hydrogens (tertiary/aromatic N) is 2. The van der Waals surface area contributed by atoms with Gasteiger partial charge >= 0.3 is 0 Å². The van der Waals surface area contributed by atoms with E-state index in [4.69, 9.17) is 0 Å². The minimum atomic E-state index is -0.604. The van der Waals surface area contributed by atoms with Crippen molar-refractivity contribution in [1.82, 2.24) is 9.88 Å². The number of hydrogen-bond acceptors (Lipinski definition) is 5. The summed E-state index contributed by atoms with van der Waals surface area (Å²) in [4.78, 5) is 17.9. The van der Waals surface area contributed by atoms with Crippen molar-refractivity contribution < 1.29 is 9.90 Å². The van der Waals surface area contributed by atoms with Gasteiger partial charge in [0.15, 0.2) is 5.13 Å². The fourth-order valence-corrected chi connectivity index (χ4v) is 3.27. The van der Waals surface area contributed by atoms with Crippen molar-refractivity contribution >= 4 is 22.4 Å². The number of likely N-dealkylation sites (N-methyl/N-ethyl adjacent to an activating group) is 1. The summed E-state index contributed by atoms with van der Waals surface area (Å²) in [5, 5.41) is 15.6. The molecule has 1 aromatic heterocycles. The third kappa shape index (κ3) is 4.26. The van der Waals surface area contributed by atoms with E-state index in [0.717, 1.165) is 31.4 Å². The van der Waals surface area contributed by atoms with E-state index in [0.29, 0.717) is 11.7 Å². The van der Waals surface area contributed by atoms with Gasteiger partial charge in [0.1, 0.15) is 0 Å². The molecule has 0 aromatic carbocycles. The Hall–Kier alpha value is -0.980. The third-order valence-corrected chi connectivity index (χ3v) is 4.25. The van der Waals surface area contributed by atoms with Gasteiger partial charge in [0, 0.05) is 11.9 Å². The average molecular weight is 283 g/mol. The van der Waals surface area contributed by atoms with Gasteiger partial charge < -0.3 is 10.4 Å². The summed E-state index contributed by atoms with van der Waals surface area (Å²) in [6.07, 6.45) is 3.83. The molecule has 1 aliphatic rings. The maximum absolute atomic E-state index is 11.8. The Morgan fingerprint density at radius 1 is 1.58 bits per heavy atom. The molecule has 0 atom stereocenters. The maximum Gasteiger partial charge on any atom is 0.240 e. The quantitative estimate of drug-likeness (QED) is 0.862. The first-order valence-electron chi connectivity index (χ1n) is 6.60. The van der Waals surface area contributed by atoms with Crippen LogP contribution in [-0.2, 0) is 4.79 Å². The lowest BCUT2D eigenvalue weighted by atomic mass is 10.0. The van der Waals surface area contributed by atoms with Crippen LogP contribution in [0.1, 0.15) is 31.4 Å². The lowest BCUT2D eigenvalue weighted by Gasteiger charge is -2.27. The second kappa shape index (κ2) is 5.98. The third-order valence-electron chi connectivity index (χ3n) is 3.38. The zero-order valence-electron chi connectivity index (χ0n) is 11.5. The van der Waals surface area contributed by atoms with Gasteiger partial charge in [0.2, 0.25) is 5.91 Å². The minimum Gasteiger partial charge on any atom is -0.389 e. The SMILES string of the molecule is Cc1csc(NC(=O)CN(C)CC2(O)CCCC2)n1. The van der Waals surface area contributed by atoms with E-state index in [1.807, 2.05) is 24.3 Å². The average Bonchev–Trinajstić information content (AvgIpc) is 2.87. The monoisotopic (exact) mass is 283 g/mol. The lowest BCUT2D eigenvalue weighted by molar-refractivity contribution is -0.117. The molecule has 106 valence electrons. The van der Waals surface area contributed by atoms with Crippen molar-refractivity contribution in [2.75, 3.05) is 25.5 Å². The van der Waals surface area contributed by atoms with E-state index >= 15 is 0 Å². The van der Waals surface area contributed by atoms with E-state index < -0.39 is 5.60 Å². The highest BCUT2D eigenvalue weighted by atomic mass is 32.1. The molecule has 1 fully saturated rings. The highest BCUT2D eigenvalue weighted by Gasteiger charge is 2.32. The number of thiazole rings is 1. The molecule has 0 saturated heterocycles. The van der Waals surface area contributed by atoms with E-state index in [-0.39, 0.29) is 12.5 Å². The predicted octanol–water partition coefficient (Wildman–Crippen LogP) is 1.63. The molecule has 1 amide bonds. The number of aliphatic hydroxyl groups is 1. The molecule has 0 bridgehead atoms. The second-order valence-electron chi connectivity index (χ2n) is 5.45. The van der Waals surface area contributed by atoms with Crippen LogP contribution >= 0.6 is 11.3 Å². The number of aromatic nitrogens is 1. The summed E-state index contributed by atoms with van der Waals surface area (Å²) in [6, 6.07) is 0. The fraction of sp³-hybridized carbons (Fsp3) is 0.692. The van der Waals surface area contributed by atoms with Gasteiger partial charge in [-0.25, -0.2) is 4.98 Å². The summed E-state index contributed by atoms with van der Waals surface area (Å²) >= 11 is 1.43.